The van der Waals surface area contributed by atoms with Crippen molar-refractivity contribution in [2.75, 3.05) is 45.6 Å². The first-order chi connectivity index (χ1) is 28.3. The van der Waals surface area contributed by atoms with Gasteiger partial charge in [-0.1, -0.05) is 31.2 Å². The van der Waals surface area contributed by atoms with Crippen molar-refractivity contribution < 1.29 is 46.2 Å². The highest BCUT2D eigenvalue weighted by molar-refractivity contribution is 5.76. The van der Waals surface area contributed by atoms with Crippen LogP contribution >= 0.6 is 0 Å². The van der Waals surface area contributed by atoms with Crippen molar-refractivity contribution in [3.05, 3.63) is 155 Å². The lowest BCUT2D eigenvalue weighted by molar-refractivity contribution is -0.117. The Morgan fingerprint density at radius 3 is 1.54 bits per heavy atom. The minimum absolute atomic E-state index is 0.134. The second kappa shape index (κ2) is 30.6. The molecule has 10 nitrogen and oxygen atoms in total. The van der Waals surface area contributed by atoms with Gasteiger partial charge in [0.15, 0.2) is 0 Å². The van der Waals surface area contributed by atoms with Crippen LogP contribution in [0.2, 0.25) is 0 Å². The van der Waals surface area contributed by atoms with Gasteiger partial charge in [0.05, 0.1) is 20.6 Å². The van der Waals surface area contributed by atoms with Gasteiger partial charge in [-0.3, -0.25) is 9.59 Å². The number of nitrogens with two attached hydrogens (primary N) is 2. The molecule has 0 unspecified atom stereocenters. The van der Waals surface area contributed by atoms with Crippen LogP contribution in [0, 0.1) is 29.2 Å². The molecule has 5 aromatic carbocycles. The Balaban J connectivity index is 0.000000791. The summed E-state index contributed by atoms with van der Waals surface area (Å²) in [5, 5.41) is 2.52. The molecule has 0 radical (unpaired) electrons. The number of hydrogen-bond acceptors (Lipinski definition) is 8. The molecule has 2 amide bonds. The fourth-order valence-corrected chi connectivity index (χ4v) is 5.02. The van der Waals surface area contributed by atoms with Gasteiger partial charge in [0.1, 0.15) is 47.8 Å². The smallest absolute Gasteiger partial charge is 0.221 e. The highest BCUT2D eigenvalue weighted by atomic mass is 19.1. The van der Waals surface area contributed by atoms with Gasteiger partial charge in [0.25, 0.3) is 0 Å². The molecule has 0 saturated heterocycles. The third-order valence-corrected chi connectivity index (χ3v) is 7.72. The minimum atomic E-state index is -0.659. The standard InChI is InChI=1S/C18H17F2NO2.C9H13NO.C8H8F2.C8H9NO2.CH5N.CH2O/c19-16-7-14(8-17(20)10-16)6-15(11-22)5-12-2-1-3-13(4-12)9-18(21)23;1-10(2)8-4-6-9(11-3)7-5-8;1-2-6-3-7(9)5-8(10)4-6;1-11-8-4-2-7(3-5-8)9-6-10;2*1-2/h1-4,7-8,10-11,15H,5-6,9H2,(H2,21,23);4-7H,1-3H3;3-5H,2H2,1H3;2-6H,1H3,(H,9,10);2H2,1H3;1H2/t15-;;;;;/m0...../s1. The van der Waals surface area contributed by atoms with E-state index in [-0.39, 0.29) is 12.8 Å². The number of carbonyl (C=O) groups excluding carboxylic acids is 4. The van der Waals surface area contributed by atoms with Crippen LogP contribution in [0.5, 0.6) is 11.5 Å². The molecular weight excluding hydrogens is 769 g/mol. The number of nitrogens with zero attached hydrogens (tertiary/aromatic N) is 1. The van der Waals surface area contributed by atoms with Crippen LogP contribution in [0.4, 0.5) is 28.9 Å². The number of benzene rings is 5. The van der Waals surface area contributed by atoms with E-state index in [9.17, 15) is 31.9 Å². The van der Waals surface area contributed by atoms with Crippen LogP contribution in [0.1, 0.15) is 29.2 Å². The van der Waals surface area contributed by atoms with Crippen molar-refractivity contribution in [3.63, 3.8) is 0 Å². The molecular formula is C45H54F4N4O6. The number of carbonyl (C=O) groups is 4. The average Bonchev–Trinajstić information content (AvgIpc) is 3.22. The summed E-state index contributed by atoms with van der Waals surface area (Å²) >= 11 is 0. The Hall–Kier alpha value is -6.54. The Labute approximate surface area is 344 Å². The molecule has 0 fully saturated rings. The number of hydrogen-bond donors (Lipinski definition) is 3. The first kappa shape index (κ1) is 52.5. The summed E-state index contributed by atoms with van der Waals surface area (Å²) in [7, 11) is 8.80. The van der Waals surface area contributed by atoms with Gasteiger partial charge in [0, 0.05) is 43.5 Å². The third-order valence-electron chi connectivity index (χ3n) is 7.72. The Kier molecular flexibility index (Phi) is 27.2. The van der Waals surface area contributed by atoms with Gasteiger partial charge in [-0.05, 0) is 121 Å². The average molecular weight is 823 g/mol. The number of anilines is 2. The van der Waals surface area contributed by atoms with Crippen LogP contribution in [-0.4, -0.2) is 60.8 Å². The SMILES string of the molecule is C=O.CCc1cc(F)cc(F)c1.CN.COc1ccc(N(C)C)cc1.COc1ccc(NC=O)cc1.NC(=O)Cc1cccc(C[C@H](C=O)Cc2cc(F)cc(F)c2)c1. The molecule has 14 heteroatoms. The van der Waals surface area contributed by atoms with Crippen LogP contribution in [0.15, 0.2) is 109 Å². The number of ether oxygens (including phenoxy) is 2. The van der Waals surface area contributed by atoms with E-state index in [1.165, 1.54) is 37.0 Å². The molecule has 59 heavy (non-hydrogen) atoms. The van der Waals surface area contributed by atoms with E-state index in [0.29, 0.717) is 30.4 Å². The van der Waals surface area contributed by atoms with E-state index in [2.05, 4.69) is 16.0 Å². The van der Waals surface area contributed by atoms with Gasteiger partial charge < -0.3 is 40.7 Å². The van der Waals surface area contributed by atoms with Gasteiger partial charge in [-0.2, -0.15) is 0 Å². The summed E-state index contributed by atoms with van der Waals surface area (Å²) in [6.45, 7) is 3.86. The molecule has 5 aromatic rings. The molecule has 5 N–H and O–H groups in total. The lowest BCUT2D eigenvalue weighted by Gasteiger charge is -2.12. The highest BCUT2D eigenvalue weighted by Crippen LogP contribution is 2.18. The molecule has 0 aromatic heterocycles. The quantitative estimate of drug-likeness (QED) is 0.0814. The number of primary amides is 1. The number of aryl methyl sites for hydroxylation is 1. The largest absolute Gasteiger partial charge is 0.497 e. The first-order valence-electron chi connectivity index (χ1n) is 18.0. The number of amides is 2. The number of methoxy groups -OCH3 is 2. The second-order valence-corrected chi connectivity index (χ2v) is 12.3. The first-order valence-corrected chi connectivity index (χ1v) is 18.0. The third kappa shape index (κ3) is 22.7. The summed E-state index contributed by atoms with van der Waals surface area (Å²) < 4.78 is 61.1. The van der Waals surface area contributed by atoms with Crippen LogP contribution in [0.3, 0.4) is 0 Å². The van der Waals surface area contributed by atoms with Crippen molar-refractivity contribution >= 4 is 36.8 Å². The summed E-state index contributed by atoms with van der Waals surface area (Å²) in [6, 6.07) is 29.1. The Morgan fingerprint density at radius 2 is 1.14 bits per heavy atom. The van der Waals surface area contributed by atoms with E-state index < -0.39 is 35.1 Å². The maximum Gasteiger partial charge on any atom is 0.221 e. The number of aldehydes is 1. The molecule has 0 aliphatic heterocycles. The van der Waals surface area contributed by atoms with Gasteiger partial charge in [0.2, 0.25) is 12.3 Å². The summed E-state index contributed by atoms with van der Waals surface area (Å²) in [5.74, 6) is -1.48. The van der Waals surface area contributed by atoms with Gasteiger partial charge >= 0.3 is 0 Å². The van der Waals surface area contributed by atoms with Crippen molar-refractivity contribution in [1.82, 2.24) is 0 Å². The van der Waals surface area contributed by atoms with Gasteiger partial charge in [-0.25, -0.2) is 17.6 Å². The fraction of sp³-hybridized carbons (Fsp3) is 0.244. The van der Waals surface area contributed by atoms with Crippen molar-refractivity contribution in [3.8, 4) is 11.5 Å². The molecule has 0 heterocycles. The lowest BCUT2D eigenvalue weighted by Crippen LogP contribution is -2.14. The number of halogens is 4. The Bertz CT molecular complexity index is 1910. The van der Waals surface area contributed by atoms with Crippen LogP contribution in [-0.2, 0) is 44.9 Å². The maximum absolute atomic E-state index is 13.2. The monoisotopic (exact) mass is 822 g/mol. The number of rotatable bonds is 13. The summed E-state index contributed by atoms with van der Waals surface area (Å²) in [5.41, 5.74) is 14.4. The normalized spacial score (nSPS) is 9.88. The predicted molar refractivity (Wildman–Crippen MR) is 226 cm³/mol. The van der Waals surface area contributed by atoms with E-state index in [1.54, 1.807) is 50.6 Å². The Morgan fingerprint density at radius 1 is 0.695 bits per heavy atom. The molecule has 1 atom stereocenters. The molecule has 0 aliphatic rings. The highest BCUT2D eigenvalue weighted by Gasteiger charge is 2.12. The lowest BCUT2D eigenvalue weighted by atomic mass is 9.92. The molecule has 0 bridgehead atoms. The maximum atomic E-state index is 13.2. The van der Waals surface area contributed by atoms with Crippen LogP contribution < -0.4 is 31.2 Å². The topological polar surface area (TPSA) is 154 Å². The zero-order valence-corrected chi connectivity index (χ0v) is 34.2. The zero-order valence-electron chi connectivity index (χ0n) is 34.2. The van der Waals surface area contributed by atoms with E-state index in [1.807, 2.05) is 64.2 Å². The van der Waals surface area contributed by atoms with Gasteiger partial charge in [-0.15, -0.1) is 0 Å². The molecule has 0 spiro atoms. The molecule has 0 aliphatic carbocycles. The van der Waals surface area contributed by atoms with E-state index in [0.717, 1.165) is 46.7 Å². The number of nitrogens with one attached hydrogen (secondary N) is 1. The van der Waals surface area contributed by atoms with E-state index in [4.69, 9.17) is 20.0 Å². The van der Waals surface area contributed by atoms with Crippen LogP contribution in [0.25, 0.3) is 0 Å². The zero-order chi connectivity index (χ0) is 44.8. The summed E-state index contributed by atoms with van der Waals surface area (Å²) in [6.07, 6.45) is 2.89. The summed E-state index contributed by atoms with van der Waals surface area (Å²) in [4.78, 5) is 42.3. The molecule has 318 valence electrons. The fourth-order valence-electron chi connectivity index (χ4n) is 5.02. The minimum Gasteiger partial charge on any atom is -0.497 e. The molecule has 0 saturated carbocycles. The van der Waals surface area contributed by atoms with Crippen molar-refractivity contribution in [2.45, 2.75) is 32.6 Å². The van der Waals surface area contributed by atoms with Crippen molar-refractivity contribution in [2.24, 2.45) is 17.4 Å². The van der Waals surface area contributed by atoms with E-state index >= 15 is 0 Å². The predicted octanol–water partition coefficient (Wildman–Crippen LogP) is 7.53. The second-order valence-electron chi connectivity index (χ2n) is 12.3. The molecule has 5 rings (SSSR count). The van der Waals surface area contributed by atoms with Crippen molar-refractivity contribution in [1.29, 1.82) is 0 Å².